The van der Waals surface area contributed by atoms with Crippen molar-refractivity contribution in [1.29, 1.82) is 5.26 Å². The van der Waals surface area contributed by atoms with E-state index in [4.69, 9.17) is 15.2 Å². The third-order valence-electron chi connectivity index (χ3n) is 5.23. The van der Waals surface area contributed by atoms with Gasteiger partial charge in [0.1, 0.15) is 28.0 Å². The fraction of sp³-hybridized carbons (Fsp3) is 0.200. The van der Waals surface area contributed by atoms with Gasteiger partial charge >= 0.3 is 5.97 Å². The molecule has 0 saturated carbocycles. The maximum absolute atomic E-state index is 12.3. The molecule has 1 unspecified atom stereocenters. The molecule has 0 aliphatic carbocycles. The predicted molar refractivity (Wildman–Crippen MR) is 120 cm³/mol. The molecule has 6 heteroatoms. The molecule has 1 aliphatic rings. The minimum Gasteiger partial charge on any atom is -0.440 e. The lowest BCUT2D eigenvalue weighted by Gasteiger charge is -2.27. The number of esters is 1. The van der Waals surface area contributed by atoms with E-state index in [-0.39, 0.29) is 17.2 Å². The fourth-order valence-electron chi connectivity index (χ4n) is 3.57. The van der Waals surface area contributed by atoms with Crippen LogP contribution in [0.3, 0.4) is 0 Å². The fourth-order valence-corrected chi connectivity index (χ4v) is 4.17. The Kier molecular flexibility index (Phi) is 5.30. The van der Waals surface area contributed by atoms with Gasteiger partial charge in [-0.3, -0.25) is 0 Å². The molecule has 1 aliphatic heterocycles. The number of fused-ring (bicyclic) bond motifs is 1. The quantitative estimate of drug-likeness (QED) is 0.439. The normalized spacial score (nSPS) is 15.6. The molecule has 0 radical (unpaired) electrons. The third-order valence-corrected chi connectivity index (χ3v) is 6.08. The molecular weight excluding hydrogens is 408 g/mol. The third kappa shape index (κ3) is 4.05. The van der Waals surface area contributed by atoms with Gasteiger partial charge in [-0.1, -0.05) is 57.2 Å². The number of carbonyl (C=O) groups excluding carboxylic acids is 1. The number of thiophene rings is 1. The first-order valence-electron chi connectivity index (χ1n) is 9.85. The van der Waals surface area contributed by atoms with Gasteiger partial charge in [0.05, 0.1) is 5.92 Å². The van der Waals surface area contributed by atoms with E-state index in [2.05, 4.69) is 39.0 Å². The first-order chi connectivity index (χ1) is 14.8. The molecule has 0 spiro atoms. The average molecular weight is 431 g/mol. The first kappa shape index (κ1) is 20.7. The minimum absolute atomic E-state index is 0.0282. The number of nitrogens with zero attached hydrogens (tertiary/aromatic N) is 1. The maximum Gasteiger partial charge on any atom is 0.353 e. The Balaban J connectivity index is 1.70. The molecule has 156 valence electrons. The Morgan fingerprint density at radius 3 is 2.52 bits per heavy atom. The number of ether oxygens (including phenoxy) is 2. The molecule has 1 atom stereocenters. The van der Waals surface area contributed by atoms with Crippen molar-refractivity contribution in [2.45, 2.75) is 32.1 Å². The Hall–Kier alpha value is -3.56. The van der Waals surface area contributed by atoms with Crippen LogP contribution in [0.15, 0.2) is 71.4 Å². The molecule has 31 heavy (non-hydrogen) atoms. The number of carbonyl (C=O) groups is 1. The van der Waals surface area contributed by atoms with Crippen molar-refractivity contribution < 1.29 is 14.3 Å². The largest absolute Gasteiger partial charge is 0.440 e. The van der Waals surface area contributed by atoms with E-state index in [0.29, 0.717) is 21.9 Å². The zero-order valence-electron chi connectivity index (χ0n) is 17.5. The van der Waals surface area contributed by atoms with Gasteiger partial charge in [0, 0.05) is 11.6 Å². The number of nitriles is 1. The number of hydrogen-bond donors (Lipinski definition) is 1. The van der Waals surface area contributed by atoms with Gasteiger partial charge in [-0.25, -0.2) is 4.79 Å². The van der Waals surface area contributed by atoms with Crippen LogP contribution < -0.4 is 15.2 Å². The van der Waals surface area contributed by atoms with Gasteiger partial charge in [0.25, 0.3) is 0 Å². The van der Waals surface area contributed by atoms with Gasteiger partial charge in [0.15, 0.2) is 0 Å². The highest BCUT2D eigenvalue weighted by Crippen LogP contribution is 2.43. The number of allylic oxidation sites excluding steroid dienone is 1. The lowest BCUT2D eigenvalue weighted by Crippen LogP contribution is -2.21. The summed E-state index contributed by atoms with van der Waals surface area (Å²) in [5, 5.41) is 11.6. The van der Waals surface area contributed by atoms with Crippen LogP contribution in [0.2, 0.25) is 0 Å². The van der Waals surface area contributed by atoms with Gasteiger partial charge in [-0.2, -0.15) is 5.26 Å². The molecule has 2 aromatic carbocycles. The van der Waals surface area contributed by atoms with E-state index in [1.807, 2.05) is 23.6 Å². The molecule has 0 bridgehead atoms. The van der Waals surface area contributed by atoms with Crippen molar-refractivity contribution in [2.75, 3.05) is 0 Å². The Bertz CT molecular complexity index is 1200. The lowest BCUT2D eigenvalue weighted by atomic mass is 9.81. The van der Waals surface area contributed by atoms with Crippen LogP contribution in [-0.2, 0) is 5.41 Å². The molecular formula is C25H22N2O3S. The van der Waals surface area contributed by atoms with Crippen molar-refractivity contribution in [3.8, 4) is 17.6 Å². The van der Waals surface area contributed by atoms with E-state index < -0.39 is 5.97 Å². The van der Waals surface area contributed by atoms with E-state index >= 15 is 0 Å². The Morgan fingerprint density at radius 1 is 1.16 bits per heavy atom. The zero-order chi connectivity index (χ0) is 22.2. The van der Waals surface area contributed by atoms with Crippen molar-refractivity contribution in [2.24, 2.45) is 5.73 Å². The Morgan fingerprint density at radius 2 is 1.90 bits per heavy atom. The summed E-state index contributed by atoms with van der Waals surface area (Å²) in [5.41, 5.74) is 9.42. The van der Waals surface area contributed by atoms with Gasteiger partial charge in [-0.05, 0) is 34.1 Å². The van der Waals surface area contributed by atoms with Crippen LogP contribution in [0.5, 0.6) is 11.5 Å². The van der Waals surface area contributed by atoms with Gasteiger partial charge < -0.3 is 15.2 Å². The van der Waals surface area contributed by atoms with Crippen LogP contribution in [0.25, 0.3) is 0 Å². The number of nitrogens with two attached hydrogens (primary N) is 1. The molecule has 2 heterocycles. The summed E-state index contributed by atoms with van der Waals surface area (Å²) in [7, 11) is 0. The summed E-state index contributed by atoms with van der Waals surface area (Å²) in [4.78, 5) is 12.8. The predicted octanol–water partition coefficient (Wildman–Crippen LogP) is 5.48. The first-order valence-corrected chi connectivity index (χ1v) is 10.7. The zero-order valence-corrected chi connectivity index (χ0v) is 18.3. The van der Waals surface area contributed by atoms with E-state index in [0.717, 1.165) is 11.1 Å². The summed E-state index contributed by atoms with van der Waals surface area (Å²) in [6.45, 7) is 6.47. The second kappa shape index (κ2) is 7.93. The molecule has 0 amide bonds. The number of hydrogen-bond acceptors (Lipinski definition) is 6. The second-order valence-electron chi connectivity index (χ2n) is 8.36. The van der Waals surface area contributed by atoms with E-state index in [1.165, 1.54) is 16.9 Å². The maximum atomic E-state index is 12.3. The summed E-state index contributed by atoms with van der Waals surface area (Å²) >= 11 is 1.31. The van der Waals surface area contributed by atoms with E-state index in [1.54, 1.807) is 24.3 Å². The molecule has 2 N–H and O–H groups in total. The Labute approximate surface area is 185 Å². The summed E-state index contributed by atoms with van der Waals surface area (Å²) in [5.74, 6) is 0.0952. The van der Waals surface area contributed by atoms with Crippen LogP contribution in [0, 0.1) is 11.3 Å². The van der Waals surface area contributed by atoms with Crippen molar-refractivity contribution in [1.82, 2.24) is 0 Å². The van der Waals surface area contributed by atoms with Crippen LogP contribution in [0.4, 0.5) is 0 Å². The molecule has 4 rings (SSSR count). The van der Waals surface area contributed by atoms with Crippen LogP contribution in [-0.4, -0.2) is 5.97 Å². The summed E-state index contributed by atoms with van der Waals surface area (Å²) < 4.78 is 11.2. The standard InChI is InChI=1S/C25H22N2O3S/c1-25(2,3)16-8-6-15(7-9-16)22-18-11-10-17(29-24(28)21-5-4-12-31-21)13-20(18)30-23(27)19(22)14-26/h4-13,22H,27H2,1-3H3. The summed E-state index contributed by atoms with van der Waals surface area (Å²) in [6.07, 6.45) is 0. The van der Waals surface area contributed by atoms with Crippen molar-refractivity contribution >= 4 is 17.3 Å². The topological polar surface area (TPSA) is 85.3 Å². The average Bonchev–Trinajstić information content (AvgIpc) is 3.27. The molecule has 3 aromatic rings. The molecule has 5 nitrogen and oxygen atoms in total. The summed E-state index contributed by atoms with van der Waals surface area (Å²) in [6, 6.07) is 19.1. The highest BCUT2D eigenvalue weighted by Gasteiger charge is 2.31. The highest BCUT2D eigenvalue weighted by atomic mass is 32.1. The number of benzene rings is 2. The minimum atomic E-state index is -0.429. The van der Waals surface area contributed by atoms with Gasteiger partial charge in [-0.15, -0.1) is 11.3 Å². The molecule has 0 saturated heterocycles. The van der Waals surface area contributed by atoms with Crippen LogP contribution in [0.1, 0.15) is 53.1 Å². The monoisotopic (exact) mass is 430 g/mol. The molecule has 0 fully saturated rings. The van der Waals surface area contributed by atoms with Crippen molar-refractivity contribution in [3.63, 3.8) is 0 Å². The SMILES string of the molecule is CC(C)(C)c1ccc(C2C(C#N)=C(N)Oc3cc(OC(=O)c4cccs4)ccc32)cc1. The van der Waals surface area contributed by atoms with E-state index in [9.17, 15) is 10.1 Å². The lowest BCUT2D eigenvalue weighted by molar-refractivity contribution is 0.0739. The highest BCUT2D eigenvalue weighted by molar-refractivity contribution is 7.12. The second-order valence-corrected chi connectivity index (χ2v) is 9.31. The molecule has 1 aromatic heterocycles. The van der Waals surface area contributed by atoms with Gasteiger partial charge in [0.2, 0.25) is 5.88 Å². The number of rotatable bonds is 3. The van der Waals surface area contributed by atoms with Crippen molar-refractivity contribution in [3.05, 3.63) is 93.0 Å². The smallest absolute Gasteiger partial charge is 0.353 e. The van der Waals surface area contributed by atoms with Crippen LogP contribution >= 0.6 is 11.3 Å².